The van der Waals surface area contributed by atoms with E-state index in [1.54, 1.807) is 0 Å². The third-order valence-electron chi connectivity index (χ3n) is 3.14. The number of halogens is 1. The van der Waals surface area contributed by atoms with E-state index in [9.17, 15) is 17.9 Å². The average Bonchev–Trinajstić information content (AvgIpc) is 2.79. The average molecular weight is 336 g/mol. The quantitative estimate of drug-likeness (QED) is 0.636. The summed E-state index contributed by atoms with van der Waals surface area (Å²) < 4.78 is 35.6. The van der Waals surface area contributed by atoms with Gasteiger partial charge >= 0.3 is 0 Å². The Morgan fingerprint density at radius 2 is 1.83 bits per heavy atom. The number of sulfonamides is 1. The Kier molecular flexibility index (Phi) is 3.58. The van der Waals surface area contributed by atoms with E-state index in [2.05, 4.69) is 15.2 Å². The lowest BCUT2D eigenvalue weighted by Gasteiger charge is -1.97. The van der Waals surface area contributed by atoms with Gasteiger partial charge in [-0.2, -0.15) is 5.11 Å². The van der Waals surface area contributed by atoms with Crippen LogP contribution in [0.3, 0.4) is 0 Å². The summed E-state index contributed by atoms with van der Waals surface area (Å²) in [6, 6.07) is 9.36. The first-order valence-corrected chi connectivity index (χ1v) is 7.94. The van der Waals surface area contributed by atoms with Gasteiger partial charge in [0.25, 0.3) is 0 Å². The summed E-state index contributed by atoms with van der Waals surface area (Å²) in [6.45, 7) is 0. The highest BCUT2D eigenvalue weighted by Crippen LogP contribution is 2.36. The molecule has 0 aliphatic rings. The van der Waals surface area contributed by atoms with Crippen LogP contribution in [0.15, 0.2) is 57.6 Å². The number of nitrogens with zero attached hydrogens (tertiary/aromatic N) is 2. The smallest absolute Gasteiger partial charge is 0.238 e. The number of aromatic hydroxyl groups is 1. The van der Waals surface area contributed by atoms with Gasteiger partial charge < -0.3 is 10.1 Å². The molecule has 0 amide bonds. The van der Waals surface area contributed by atoms with Crippen molar-refractivity contribution in [3.8, 4) is 5.88 Å². The number of aromatic amines is 1. The molecule has 4 N–H and O–H groups in total. The minimum absolute atomic E-state index is 0. The van der Waals surface area contributed by atoms with Gasteiger partial charge in [0.05, 0.1) is 16.1 Å². The fourth-order valence-corrected chi connectivity index (χ4v) is 2.56. The predicted molar refractivity (Wildman–Crippen MR) is 84.0 cm³/mol. The number of benzene rings is 2. The number of aromatic nitrogens is 1. The van der Waals surface area contributed by atoms with Crippen LogP contribution < -0.4 is 5.14 Å². The Morgan fingerprint density at radius 1 is 1.13 bits per heavy atom. The molecule has 0 radical (unpaired) electrons. The van der Waals surface area contributed by atoms with Crippen LogP contribution in [0.1, 0.15) is 1.43 Å². The molecular weight excluding hydrogens is 323 g/mol. The van der Waals surface area contributed by atoms with Crippen LogP contribution >= 0.6 is 0 Å². The molecular formula is C14H13FN4O3S. The monoisotopic (exact) mass is 336 g/mol. The molecule has 23 heavy (non-hydrogen) atoms. The van der Waals surface area contributed by atoms with E-state index in [0.717, 1.165) is 0 Å². The second kappa shape index (κ2) is 5.45. The van der Waals surface area contributed by atoms with E-state index >= 15 is 0 Å². The zero-order chi connectivity index (χ0) is 16.6. The van der Waals surface area contributed by atoms with Gasteiger partial charge in [-0.1, -0.05) is 0 Å². The lowest BCUT2D eigenvalue weighted by Crippen LogP contribution is -2.11. The maximum absolute atomic E-state index is 13.3. The number of H-pyrrole nitrogens is 1. The van der Waals surface area contributed by atoms with Crippen molar-refractivity contribution in [1.82, 2.24) is 4.98 Å². The SMILES string of the molecule is NS(=O)(=O)c1ccc(N=Nc2c(O)[nH]c3ccc(F)cc23)cc1.[HH]. The summed E-state index contributed by atoms with van der Waals surface area (Å²) in [5, 5.41) is 23.0. The molecule has 9 heteroatoms. The van der Waals surface area contributed by atoms with E-state index in [1.807, 2.05) is 0 Å². The van der Waals surface area contributed by atoms with Crippen molar-refractivity contribution in [2.45, 2.75) is 4.90 Å². The first-order chi connectivity index (χ1) is 10.8. The molecule has 0 saturated carbocycles. The fourth-order valence-electron chi connectivity index (χ4n) is 2.05. The molecule has 0 aliphatic heterocycles. The van der Waals surface area contributed by atoms with Gasteiger partial charge in [0, 0.05) is 6.81 Å². The molecule has 120 valence electrons. The summed E-state index contributed by atoms with van der Waals surface area (Å²) in [7, 11) is -3.78. The summed E-state index contributed by atoms with van der Waals surface area (Å²) in [6.07, 6.45) is 0. The third kappa shape index (κ3) is 3.05. The van der Waals surface area contributed by atoms with Crippen molar-refractivity contribution in [1.29, 1.82) is 0 Å². The largest absolute Gasteiger partial charge is 0.493 e. The normalized spacial score (nSPS) is 12.3. The molecule has 0 unspecified atom stereocenters. The van der Waals surface area contributed by atoms with Crippen LogP contribution in [-0.2, 0) is 10.0 Å². The molecule has 0 aliphatic carbocycles. The zero-order valence-electron chi connectivity index (χ0n) is 11.6. The Morgan fingerprint density at radius 3 is 2.48 bits per heavy atom. The Balaban J connectivity index is 0.00000208. The first-order valence-electron chi connectivity index (χ1n) is 6.39. The van der Waals surface area contributed by atoms with Crippen molar-refractivity contribution in [2.24, 2.45) is 15.4 Å². The maximum Gasteiger partial charge on any atom is 0.238 e. The lowest BCUT2D eigenvalue weighted by atomic mass is 10.2. The Hall–Kier alpha value is -2.78. The van der Waals surface area contributed by atoms with Crippen LogP contribution in [0, 0.1) is 5.82 Å². The minimum Gasteiger partial charge on any atom is -0.493 e. The molecule has 0 fully saturated rings. The van der Waals surface area contributed by atoms with Gasteiger partial charge in [-0.15, -0.1) is 5.11 Å². The molecule has 1 aromatic heterocycles. The Bertz CT molecular complexity index is 1020. The van der Waals surface area contributed by atoms with Crippen molar-refractivity contribution in [3.05, 3.63) is 48.3 Å². The highest BCUT2D eigenvalue weighted by atomic mass is 32.2. The van der Waals surface area contributed by atoms with Crippen LogP contribution in [0.4, 0.5) is 15.8 Å². The summed E-state index contributed by atoms with van der Waals surface area (Å²) in [5.74, 6) is -0.707. The summed E-state index contributed by atoms with van der Waals surface area (Å²) in [5.41, 5.74) is 0.958. The molecule has 3 aromatic rings. The molecule has 2 aromatic carbocycles. The lowest BCUT2D eigenvalue weighted by molar-refractivity contribution is 0.459. The second-order valence-electron chi connectivity index (χ2n) is 4.75. The van der Waals surface area contributed by atoms with Crippen LogP contribution in [-0.4, -0.2) is 18.5 Å². The molecule has 0 saturated heterocycles. The molecule has 1 heterocycles. The number of hydrogen-bond donors (Lipinski definition) is 3. The molecule has 0 bridgehead atoms. The minimum atomic E-state index is -3.78. The van der Waals surface area contributed by atoms with Crippen molar-refractivity contribution in [3.63, 3.8) is 0 Å². The predicted octanol–water partition coefficient (Wildman–Crippen LogP) is 3.32. The summed E-state index contributed by atoms with van der Waals surface area (Å²) in [4.78, 5) is 2.61. The van der Waals surface area contributed by atoms with E-state index in [4.69, 9.17) is 5.14 Å². The van der Waals surface area contributed by atoms with Gasteiger partial charge in [0.2, 0.25) is 15.9 Å². The standard InChI is InChI=1S/C14H11FN4O3S.H2/c15-8-1-6-12-11(7-8)13(14(20)17-12)19-18-9-2-4-10(5-3-9)23(16,21)22;/h1-7,17,20H,(H2,16,21,22);1H. The van der Waals surface area contributed by atoms with E-state index < -0.39 is 15.8 Å². The topological polar surface area (TPSA) is 121 Å². The first kappa shape index (κ1) is 15.1. The number of primary sulfonamides is 1. The van der Waals surface area contributed by atoms with Crippen molar-refractivity contribution in [2.75, 3.05) is 0 Å². The molecule has 3 rings (SSSR count). The van der Waals surface area contributed by atoms with Crippen molar-refractivity contribution < 1.29 is 19.3 Å². The fraction of sp³-hybridized carbons (Fsp3) is 0. The van der Waals surface area contributed by atoms with Gasteiger partial charge in [0.15, 0.2) is 5.69 Å². The second-order valence-corrected chi connectivity index (χ2v) is 6.31. The van der Waals surface area contributed by atoms with Crippen molar-refractivity contribution >= 4 is 32.3 Å². The maximum atomic E-state index is 13.3. The molecule has 7 nitrogen and oxygen atoms in total. The highest BCUT2D eigenvalue weighted by Gasteiger charge is 2.11. The number of azo groups is 1. The number of hydrogen-bond acceptors (Lipinski definition) is 5. The zero-order valence-corrected chi connectivity index (χ0v) is 12.4. The molecule has 0 atom stereocenters. The van der Waals surface area contributed by atoms with E-state index in [0.29, 0.717) is 16.6 Å². The number of nitrogens with two attached hydrogens (primary N) is 1. The van der Waals surface area contributed by atoms with Gasteiger partial charge in [-0.25, -0.2) is 17.9 Å². The Labute approximate surface area is 131 Å². The van der Waals surface area contributed by atoms with E-state index in [-0.39, 0.29) is 17.9 Å². The van der Waals surface area contributed by atoms with E-state index in [1.165, 1.54) is 42.5 Å². The highest BCUT2D eigenvalue weighted by molar-refractivity contribution is 7.89. The number of nitrogens with one attached hydrogen (secondary N) is 1. The van der Waals surface area contributed by atoms with Gasteiger partial charge in [-0.3, -0.25) is 0 Å². The third-order valence-corrected chi connectivity index (χ3v) is 4.07. The number of fused-ring (bicyclic) bond motifs is 1. The van der Waals surface area contributed by atoms with Gasteiger partial charge in [-0.05, 0) is 42.5 Å². The van der Waals surface area contributed by atoms with Crippen LogP contribution in [0.2, 0.25) is 0 Å². The molecule has 0 spiro atoms. The van der Waals surface area contributed by atoms with Gasteiger partial charge in [0.1, 0.15) is 5.82 Å². The van der Waals surface area contributed by atoms with Crippen LogP contribution in [0.5, 0.6) is 5.88 Å². The number of rotatable bonds is 3. The summed E-state index contributed by atoms with van der Waals surface area (Å²) >= 11 is 0. The van der Waals surface area contributed by atoms with Crippen LogP contribution in [0.25, 0.3) is 10.9 Å².